The van der Waals surface area contributed by atoms with Gasteiger partial charge in [0.05, 0.1) is 16.1 Å². The van der Waals surface area contributed by atoms with E-state index < -0.39 is 17.0 Å². The molecule has 14 heavy (non-hydrogen) atoms. The Balaban J connectivity index is 3.44. The van der Waals surface area contributed by atoms with E-state index in [1.165, 1.54) is 0 Å². The van der Waals surface area contributed by atoms with E-state index in [2.05, 4.69) is 4.98 Å². The van der Waals surface area contributed by atoms with Crippen molar-refractivity contribution in [3.63, 3.8) is 0 Å². The third kappa shape index (κ3) is 1.70. The molecule has 0 unspecified atom stereocenters. The predicted molar refractivity (Wildman–Crippen MR) is 44.3 cm³/mol. The number of aldehydes is 1. The number of alkyl halides is 2. The number of pyridine rings is 1. The Morgan fingerprint density at radius 1 is 1.64 bits per heavy atom. The molecular weight excluding hydrogens is 214 g/mol. The van der Waals surface area contributed by atoms with Crippen LogP contribution in [0.15, 0.2) is 6.20 Å². The van der Waals surface area contributed by atoms with Crippen LogP contribution in [0, 0.1) is 11.3 Å². The van der Waals surface area contributed by atoms with Crippen LogP contribution >= 0.6 is 11.6 Å². The SMILES string of the molecule is N#Cc1ncc(C(F)F)c(Cl)c1C=O. The van der Waals surface area contributed by atoms with E-state index in [1.807, 2.05) is 0 Å². The molecule has 1 aromatic rings. The van der Waals surface area contributed by atoms with Crippen molar-refractivity contribution in [3.8, 4) is 6.07 Å². The lowest BCUT2D eigenvalue weighted by atomic mass is 10.1. The van der Waals surface area contributed by atoms with Gasteiger partial charge in [-0.25, -0.2) is 13.8 Å². The monoisotopic (exact) mass is 216 g/mol. The van der Waals surface area contributed by atoms with Crippen molar-refractivity contribution in [2.24, 2.45) is 0 Å². The summed E-state index contributed by atoms with van der Waals surface area (Å²) >= 11 is 5.49. The van der Waals surface area contributed by atoms with Gasteiger partial charge in [0.15, 0.2) is 12.0 Å². The van der Waals surface area contributed by atoms with Crippen molar-refractivity contribution in [1.29, 1.82) is 5.26 Å². The number of carbonyl (C=O) groups is 1. The van der Waals surface area contributed by atoms with Crippen LogP contribution in [0.4, 0.5) is 8.78 Å². The van der Waals surface area contributed by atoms with Crippen LogP contribution in [0.3, 0.4) is 0 Å². The van der Waals surface area contributed by atoms with Gasteiger partial charge in [0.1, 0.15) is 6.07 Å². The molecule has 0 aliphatic rings. The Hall–Kier alpha value is -1.54. The molecule has 3 nitrogen and oxygen atoms in total. The molecule has 0 saturated heterocycles. The smallest absolute Gasteiger partial charge is 0.266 e. The Kier molecular flexibility index (Phi) is 3.10. The van der Waals surface area contributed by atoms with Crippen LogP contribution in [0.2, 0.25) is 5.02 Å². The zero-order chi connectivity index (χ0) is 10.7. The molecule has 1 rings (SSSR count). The van der Waals surface area contributed by atoms with Crippen LogP contribution in [0.5, 0.6) is 0 Å². The van der Waals surface area contributed by atoms with Gasteiger partial charge in [0, 0.05) is 6.20 Å². The van der Waals surface area contributed by atoms with Crippen molar-refractivity contribution in [3.05, 3.63) is 28.0 Å². The highest BCUT2D eigenvalue weighted by Crippen LogP contribution is 2.29. The summed E-state index contributed by atoms with van der Waals surface area (Å²) in [5, 5.41) is 8.07. The Morgan fingerprint density at radius 3 is 2.71 bits per heavy atom. The topological polar surface area (TPSA) is 53.8 Å². The van der Waals surface area contributed by atoms with Crippen LogP contribution in [-0.2, 0) is 0 Å². The Bertz CT molecular complexity index is 415. The highest BCUT2D eigenvalue weighted by atomic mass is 35.5. The third-order valence-corrected chi connectivity index (χ3v) is 1.96. The van der Waals surface area contributed by atoms with Crippen molar-refractivity contribution in [1.82, 2.24) is 4.98 Å². The van der Waals surface area contributed by atoms with E-state index in [4.69, 9.17) is 16.9 Å². The number of nitrogens with zero attached hydrogens (tertiary/aromatic N) is 2. The molecule has 72 valence electrons. The highest BCUT2D eigenvalue weighted by molar-refractivity contribution is 6.33. The van der Waals surface area contributed by atoms with Crippen molar-refractivity contribution < 1.29 is 13.6 Å². The number of nitriles is 1. The van der Waals surface area contributed by atoms with Crippen molar-refractivity contribution in [2.75, 3.05) is 0 Å². The molecule has 0 aliphatic carbocycles. The minimum absolute atomic E-state index is 0.236. The number of aromatic nitrogens is 1. The standard InChI is InChI=1S/C8H3ClF2N2O/c9-7-4(8(10)11)2-13-6(1-12)5(7)3-14/h2-3,8H. The number of carbonyl (C=O) groups excluding carboxylic acids is 1. The zero-order valence-electron chi connectivity index (χ0n) is 6.67. The minimum Gasteiger partial charge on any atom is -0.298 e. The molecular formula is C8H3ClF2N2O. The van der Waals surface area contributed by atoms with Crippen molar-refractivity contribution in [2.45, 2.75) is 6.43 Å². The lowest BCUT2D eigenvalue weighted by Crippen LogP contribution is -1.98. The van der Waals surface area contributed by atoms with Gasteiger partial charge in [-0.15, -0.1) is 0 Å². The summed E-state index contributed by atoms with van der Waals surface area (Å²) < 4.78 is 24.5. The second-order valence-electron chi connectivity index (χ2n) is 2.32. The second-order valence-corrected chi connectivity index (χ2v) is 2.70. The van der Waals surface area contributed by atoms with Gasteiger partial charge >= 0.3 is 0 Å². The van der Waals surface area contributed by atoms with Crippen molar-refractivity contribution >= 4 is 17.9 Å². The van der Waals surface area contributed by atoms with Crippen LogP contribution < -0.4 is 0 Å². The Morgan fingerprint density at radius 2 is 2.29 bits per heavy atom. The summed E-state index contributed by atoms with van der Waals surface area (Å²) in [5.74, 6) is 0. The summed E-state index contributed by atoms with van der Waals surface area (Å²) in [6, 6.07) is 1.58. The molecule has 0 amide bonds. The fourth-order valence-electron chi connectivity index (χ4n) is 0.869. The number of hydrogen-bond acceptors (Lipinski definition) is 3. The van der Waals surface area contributed by atoms with E-state index in [0.29, 0.717) is 0 Å². The van der Waals surface area contributed by atoms with Gasteiger partial charge in [-0.3, -0.25) is 4.79 Å². The lowest BCUT2D eigenvalue weighted by molar-refractivity contribution is 0.112. The molecule has 1 heterocycles. The molecule has 0 aliphatic heterocycles. The number of rotatable bonds is 2. The van der Waals surface area contributed by atoms with Gasteiger partial charge < -0.3 is 0 Å². The molecule has 0 spiro atoms. The van der Waals surface area contributed by atoms with Crippen LogP contribution in [0.25, 0.3) is 0 Å². The normalized spacial score (nSPS) is 9.93. The average Bonchev–Trinajstić information content (AvgIpc) is 2.16. The molecule has 0 saturated carbocycles. The van der Waals surface area contributed by atoms with Gasteiger partial charge in [0.25, 0.3) is 6.43 Å². The minimum atomic E-state index is -2.82. The molecule has 0 aromatic carbocycles. The maximum absolute atomic E-state index is 12.3. The first-order chi connectivity index (χ1) is 6.61. The fraction of sp³-hybridized carbons (Fsp3) is 0.125. The summed E-state index contributed by atoms with van der Waals surface area (Å²) in [6.07, 6.45) is -1.79. The van der Waals surface area contributed by atoms with E-state index in [1.54, 1.807) is 6.07 Å². The summed E-state index contributed by atoms with van der Waals surface area (Å²) in [7, 11) is 0. The predicted octanol–water partition coefficient (Wildman–Crippen LogP) is 2.36. The molecule has 0 bridgehead atoms. The highest BCUT2D eigenvalue weighted by Gasteiger charge is 2.18. The number of halogens is 3. The third-order valence-electron chi connectivity index (χ3n) is 1.54. The maximum Gasteiger partial charge on any atom is 0.266 e. The first-order valence-electron chi connectivity index (χ1n) is 3.43. The number of hydrogen-bond donors (Lipinski definition) is 0. The molecule has 0 atom stereocenters. The molecule has 6 heteroatoms. The summed E-state index contributed by atoms with van der Waals surface area (Å²) in [6.45, 7) is 0. The second kappa shape index (κ2) is 4.11. The van der Waals surface area contributed by atoms with Gasteiger partial charge in [0.2, 0.25) is 0 Å². The van der Waals surface area contributed by atoms with Gasteiger partial charge in [-0.05, 0) is 0 Å². The van der Waals surface area contributed by atoms with E-state index in [9.17, 15) is 13.6 Å². The largest absolute Gasteiger partial charge is 0.298 e. The molecule has 0 N–H and O–H groups in total. The fourth-order valence-corrected chi connectivity index (χ4v) is 1.13. The average molecular weight is 217 g/mol. The van der Waals surface area contributed by atoms with Crippen LogP contribution in [0.1, 0.15) is 28.0 Å². The Labute approximate surface area is 82.9 Å². The van der Waals surface area contributed by atoms with Gasteiger partial charge in [-0.1, -0.05) is 11.6 Å². The molecule has 0 fully saturated rings. The van der Waals surface area contributed by atoms with E-state index >= 15 is 0 Å². The summed E-state index contributed by atoms with van der Waals surface area (Å²) in [5.41, 5.74) is -1.10. The van der Waals surface area contributed by atoms with Crippen LogP contribution in [-0.4, -0.2) is 11.3 Å². The maximum atomic E-state index is 12.3. The molecule has 1 aromatic heterocycles. The zero-order valence-corrected chi connectivity index (χ0v) is 7.42. The lowest BCUT2D eigenvalue weighted by Gasteiger charge is -2.04. The first-order valence-corrected chi connectivity index (χ1v) is 3.81. The van der Waals surface area contributed by atoms with Gasteiger partial charge in [-0.2, -0.15) is 5.26 Å². The summed E-state index contributed by atoms with van der Waals surface area (Å²) in [4.78, 5) is 13.9. The van der Waals surface area contributed by atoms with E-state index in [0.717, 1.165) is 6.20 Å². The quantitative estimate of drug-likeness (QED) is 0.713. The molecule has 0 radical (unpaired) electrons. The first kappa shape index (κ1) is 10.5. The van der Waals surface area contributed by atoms with E-state index in [-0.39, 0.29) is 17.5 Å².